The maximum Gasteiger partial charge on any atom is 0.240 e. The summed E-state index contributed by atoms with van der Waals surface area (Å²) >= 11 is 7.47. The predicted molar refractivity (Wildman–Crippen MR) is 91.0 cm³/mol. The van der Waals surface area contributed by atoms with Gasteiger partial charge in [0.25, 0.3) is 0 Å². The van der Waals surface area contributed by atoms with E-state index in [4.69, 9.17) is 16.3 Å². The summed E-state index contributed by atoms with van der Waals surface area (Å²) in [6.45, 7) is 2.41. The highest BCUT2D eigenvalue weighted by Gasteiger charge is 2.02. The van der Waals surface area contributed by atoms with Crippen molar-refractivity contribution < 1.29 is 9.53 Å². The Labute approximate surface area is 138 Å². The molecule has 1 aromatic heterocycles. The lowest BCUT2D eigenvalue weighted by molar-refractivity contribution is -0.121. The number of carbonyl (C=O) groups excluding carboxylic acids is 1. The first kappa shape index (κ1) is 16.5. The van der Waals surface area contributed by atoms with E-state index in [0.29, 0.717) is 24.5 Å². The van der Waals surface area contributed by atoms with Gasteiger partial charge in [-0.05, 0) is 53.9 Å². The monoisotopic (exact) mass is 336 g/mol. The molecule has 0 saturated heterocycles. The van der Waals surface area contributed by atoms with Gasteiger partial charge in [-0.1, -0.05) is 11.6 Å². The standard InChI is InChI=1S/C16H17ClN2O2S/c1-12-9-14(17)4-5-15(12)21-7-2-3-16(20)19-18-10-13-6-8-22-11-13/h4-6,8-11H,2-3,7H2,1H3,(H,19,20). The van der Waals surface area contributed by atoms with E-state index in [0.717, 1.165) is 16.9 Å². The molecule has 0 aliphatic carbocycles. The number of nitrogens with zero attached hydrogens (tertiary/aromatic N) is 1. The number of amides is 1. The van der Waals surface area contributed by atoms with Crippen LogP contribution in [0.2, 0.25) is 5.02 Å². The van der Waals surface area contributed by atoms with Gasteiger partial charge in [0.2, 0.25) is 5.91 Å². The molecule has 0 fully saturated rings. The van der Waals surface area contributed by atoms with Crippen LogP contribution in [-0.2, 0) is 4.79 Å². The number of ether oxygens (including phenoxy) is 1. The molecule has 6 heteroatoms. The lowest BCUT2D eigenvalue weighted by atomic mass is 10.2. The van der Waals surface area contributed by atoms with Crippen molar-refractivity contribution in [3.05, 3.63) is 51.2 Å². The summed E-state index contributed by atoms with van der Waals surface area (Å²) in [7, 11) is 0. The van der Waals surface area contributed by atoms with Crippen LogP contribution >= 0.6 is 22.9 Å². The molecule has 22 heavy (non-hydrogen) atoms. The van der Waals surface area contributed by atoms with Crippen LogP contribution in [0.3, 0.4) is 0 Å². The van der Waals surface area contributed by atoms with Crippen molar-refractivity contribution in [3.8, 4) is 5.75 Å². The number of halogens is 1. The molecule has 1 amide bonds. The molecule has 1 aromatic carbocycles. The molecule has 1 heterocycles. The molecule has 0 saturated carbocycles. The molecular formula is C16H17ClN2O2S. The molecule has 0 radical (unpaired) electrons. The molecule has 0 bridgehead atoms. The SMILES string of the molecule is Cc1cc(Cl)ccc1OCCCC(=O)NN=Cc1ccsc1. The van der Waals surface area contributed by atoms with E-state index in [-0.39, 0.29) is 5.91 Å². The van der Waals surface area contributed by atoms with Crippen LogP contribution in [0.4, 0.5) is 0 Å². The molecule has 0 aliphatic rings. The van der Waals surface area contributed by atoms with Crippen LogP contribution in [0.5, 0.6) is 5.75 Å². The number of hydrogen-bond donors (Lipinski definition) is 1. The predicted octanol–water partition coefficient (Wildman–Crippen LogP) is 4.02. The van der Waals surface area contributed by atoms with Crippen molar-refractivity contribution in [2.45, 2.75) is 19.8 Å². The average molecular weight is 337 g/mol. The van der Waals surface area contributed by atoms with E-state index >= 15 is 0 Å². The Morgan fingerprint density at radius 3 is 3.05 bits per heavy atom. The van der Waals surface area contributed by atoms with Crippen LogP contribution < -0.4 is 10.2 Å². The van der Waals surface area contributed by atoms with Crippen molar-refractivity contribution >= 4 is 35.1 Å². The zero-order valence-corrected chi connectivity index (χ0v) is 13.8. The molecule has 116 valence electrons. The lowest BCUT2D eigenvalue weighted by Crippen LogP contribution is -2.18. The van der Waals surface area contributed by atoms with Crippen LogP contribution in [-0.4, -0.2) is 18.7 Å². The zero-order valence-electron chi connectivity index (χ0n) is 12.2. The number of nitrogens with one attached hydrogen (secondary N) is 1. The summed E-state index contributed by atoms with van der Waals surface area (Å²) in [5, 5.41) is 8.50. The Kier molecular flexibility index (Phi) is 6.43. The quantitative estimate of drug-likeness (QED) is 0.471. The van der Waals surface area contributed by atoms with Crippen LogP contribution in [0.15, 0.2) is 40.1 Å². The second-order valence-corrected chi connectivity index (χ2v) is 5.93. The van der Waals surface area contributed by atoms with Gasteiger partial charge in [-0.15, -0.1) is 0 Å². The third-order valence-corrected chi connectivity index (χ3v) is 3.83. The van der Waals surface area contributed by atoms with Gasteiger partial charge in [-0.2, -0.15) is 16.4 Å². The summed E-state index contributed by atoms with van der Waals surface area (Å²) in [6, 6.07) is 7.41. The fourth-order valence-electron chi connectivity index (χ4n) is 1.77. The van der Waals surface area contributed by atoms with Gasteiger partial charge in [-0.25, -0.2) is 5.43 Å². The second kappa shape index (κ2) is 8.56. The van der Waals surface area contributed by atoms with Gasteiger partial charge < -0.3 is 4.74 Å². The van der Waals surface area contributed by atoms with Crippen molar-refractivity contribution in [2.75, 3.05) is 6.61 Å². The Hall–Kier alpha value is -1.85. The highest BCUT2D eigenvalue weighted by atomic mass is 35.5. The van der Waals surface area contributed by atoms with E-state index in [1.165, 1.54) is 0 Å². The molecule has 1 N–H and O–H groups in total. The van der Waals surface area contributed by atoms with Gasteiger partial charge in [-0.3, -0.25) is 4.79 Å². The highest BCUT2D eigenvalue weighted by molar-refractivity contribution is 7.08. The minimum atomic E-state index is -0.122. The molecule has 2 aromatic rings. The number of hydrazone groups is 1. The number of rotatable bonds is 7. The molecular weight excluding hydrogens is 320 g/mol. The van der Waals surface area contributed by atoms with Crippen molar-refractivity contribution in [2.24, 2.45) is 5.10 Å². The van der Waals surface area contributed by atoms with Crippen LogP contribution in [0.1, 0.15) is 24.0 Å². The van der Waals surface area contributed by atoms with E-state index in [9.17, 15) is 4.79 Å². The molecule has 0 spiro atoms. The van der Waals surface area contributed by atoms with Crippen LogP contribution in [0.25, 0.3) is 0 Å². The van der Waals surface area contributed by atoms with Crippen molar-refractivity contribution in [1.82, 2.24) is 5.43 Å². The smallest absolute Gasteiger partial charge is 0.240 e. The number of benzene rings is 1. The number of thiophene rings is 1. The number of hydrogen-bond acceptors (Lipinski definition) is 4. The van der Waals surface area contributed by atoms with Gasteiger partial charge in [0.15, 0.2) is 0 Å². The number of carbonyl (C=O) groups is 1. The third-order valence-electron chi connectivity index (χ3n) is 2.89. The summed E-state index contributed by atoms with van der Waals surface area (Å²) in [5.41, 5.74) is 4.46. The topological polar surface area (TPSA) is 50.7 Å². The Balaban J connectivity index is 1.64. The minimum absolute atomic E-state index is 0.122. The maximum absolute atomic E-state index is 11.6. The normalized spacial score (nSPS) is 10.8. The van der Waals surface area contributed by atoms with Crippen LogP contribution in [0, 0.1) is 6.92 Å². The van der Waals surface area contributed by atoms with E-state index < -0.39 is 0 Å². The highest BCUT2D eigenvalue weighted by Crippen LogP contribution is 2.21. The zero-order chi connectivity index (χ0) is 15.8. The van der Waals surface area contributed by atoms with Crippen molar-refractivity contribution in [1.29, 1.82) is 0 Å². The van der Waals surface area contributed by atoms with E-state index in [2.05, 4.69) is 10.5 Å². The largest absolute Gasteiger partial charge is 0.493 e. The summed E-state index contributed by atoms with van der Waals surface area (Å²) < 4.78 is 5.63. The third kappa shape index (κ3) is 5.50. The van der Waals surface area contributed by atoms with E-state index in [1.54, 1.807) is 23.6 Å². The van der Waals surface area contributed by atoms with Gasteiger partial charge in [0.1, 0.15) is 5.75 Å². The van der Waals surface area contributed by atoms with Gasteiger partial charge in [0, 0.05) is 17.0 Å². The average Bonchev–Trinajstić information content (AvgIpc) is 2.99. The second-order valence-electron chi connectivity index (χ2n) is 4.71. The molecule has 0 atom stereocenters. The lowest BCUT2D eigenvalue weighted by Gasteiger charge is -2.08. The first-order valence-corrected chi connectivity index (χ1v) is 8.20. The Morgan fingerprint density at radius 1 is 1.45 bits per heavy atom. The molecule has 2 rings (SSSR count). The molecule has 0 aliphatic heterocycles. The van der Waals surface area contributed by atoms with Crippen molar-refractivity contribution in [3.63, 3.8) is 0 Å². The first-order valence-electron chi connectivity index (χ1n) is 6.88. The fraction of sp³-hybridized carbons (Fsp3) is 0.250. The Morgan fingerprint density at radius 2 is 2.32 bits per heavy atom. The first-order chi connectivity index (χ1) is 10.6. The maximum atomic E-state index is 11.6. The summed E-state index contributed by atoms with van der Waals surface area (Å²) in [6.07, 6.45) is 2.62. The molecule has 4 nitrogen and oxygen atoms in total. The van der Waals surface area contributed by atoms with E-state index in [1.807, 2.05) is 35.9 Å². The Bertz CT molecular complexity index is 642. The fourth-order valence-corrected chi connectivity index (χ4v) is 2.61. The summed E-state index contributed by atoms with van der Waals surface area (Å²) in [4.78, 5) is 11.6. The summed E-state index contributed by atoms with van der Waals surface area (Å²) in [5.74, 6) is 0.670. The minimum Gasteiger partial charge on any atom is -0.493 e. The van der Waals surface area contributed by atoms with Gasteiger partial charge in [0.05, 0.1) is 12.8 Å². The van der Waals surface area contributed by atoms with Gasteiger partial charge >= 0.3 is 0 Å². The number of aryl methyl sites for hydroxylation is 1. The molecule has 0 unspecified atom stereocenters.